The Morgan fingerprint density at radius 2 is 1.86 bits per heavy atom. The van der Waals surface area contributed by atoms with Crippen molar-refractivity contribution in [3.05, 3.63) is 128 Å². The van der Waals surface area contributed by atoms with Gasteiger partial charge in [0.05, 0.1) is 29.7 Å². The number of fused-ring (bicyclic) bond motifs is 2. The van der Waals surface area contributed by atoms with Crippen LogP contribution in [0.5, 0.6) is 0 Å². The van der Waals surface area contributed by atoms with Crippen molar-refractivity contribution in [3.8, 4) is 16.9 Å². The van der Waals surface area contributed by atoms with E-state index >= 15 is 0 Å². The van der Waals surface area contributed by atoms with Crippen molar-refractivity contribution >= 4 is 38.6 Å². The molecule has 2 N–H and O–H groups in total. The highest BCUT2D eigenvalue weighted by Gasteiger charge is 2.35. The normalized spacial score (nSPS) is 14.9. The number of nitrogens with zero attached hydrogens (tertiary/aromatic N) is 6. The third-order valence-corrected chi connectivity index (χ3v) is 10.5. The highest BCUT2D eigenvalue weighted by atomic mass is 79.9. The Kier molecular flexibility index (Phi) is 9.30. The van der Waals surface area contributed by atoms with Crippen LogP contribution >= 0.6 is 15.9 Å². The molecule has 11 nitrogen and oxygen atoms in total. The lowest BCUT2D eigenvalue weighted by atomic mass is 10.0. The van der Waals surface area contributed by atoms with E-state index in [1.165, 1.54) is 4.57 Å². The monoisotopic (exact) mass is 749 g/mol. The molecule has 3 aromatic carbocycles. The van der Waals surface area contributed by atoms with Crippen molar-refractivity contribution in [1.29, 1.82) is 0 Å². The smallest absolute Gasteiger partial charge is 0.333 e. The van der Waals surface area contributed by atoms with E-state index < -0.39 is 12.0 Å². The molecule has 51 heavy (non-hydrogen) atoms. The van der Waals surface area contributed by atoms with E-state index in [9.17, 15) is 19.5 Å². The fourth-order valence-electron chi connectivity index (χ4n) is 6.94. The average Bonchev–Trinajstić information content (AvgIpc) is 3.83. The zero-order valence-electron chi connectivity index (χ0n) is 29.0. The molecule has 6 aromatic rings. The summed E-state index contributed by atoms with van der Waals surface area (Å²) in [4.78, 5) is 44.5. The Labute approximate surface area is 303 Å². The van der Waals surface area contributed by atoms with Crippen molar-refractivity contribution in [2.24, 2.45) is 0 Å². The number of aliphatic hydroxyl groups is 1. The second-order valence-corrected chi connectivity index (χ2v) is 14.1. The Bertz CT molecular complexity index is 2350. The number of hydrogen-bond acceptors (Lipinski definition) is 5. The maximum Gasteiger partial charge on any atom is 0.333 e. The Hall–Kier alpha value is -5.20. The van der Waals surface area contributed by atoms with Crippen LogP contribution in [-0.2, 0) is 32.7 Å². The number of hydrogen-bond donors (Lipinski definition) is 2. The summed E-state index contributed by atoms with van der Waals surface area (Å²) in [7, 11) is 0. The molecule has 0 aliphatic carbocycles. The average molecular weight is 751 g/mol. The summed E-state index contributed by atoms with van der Waals surface area (Å²) < 4.78 is 7.82. The van der Waals surface area contributed by atoms with Crippen molar-refractivity contribution in [3.63, 3.8) is 0 Å². The van der Waals surface area contributed by atoms with E-state index in [0.29, 0.717) is 23.5 Å². The second kappa shape index (κ2) is 13.8. The SMILES string of the molecule is CCn1ccc(-c2ccccc2CNC(=O)c2c3n(c(=O)n2-c2ccc4c(ccn4C[C@H](C)O)c2)CC(C)N(C(=O)c2ccc(Br)c(C)c2)C3)n1. The fourth-order valence-corrected chi connectivity index (χ4v) is 7.19. The van der Waals surface area contributed by atoms with Crippen LogP contribution in [0.4, 0.5) is 0 Å². The largest absolute Gasteiger partial charge is 0.392 e. The van der Waals surface area contributed by atoms with Gasteiger partial charge in [-0.15, -0.1) is 0 Å². The van der Waals surface area contributed by atoms with Gasteiger partial charge in [0.2, 0.25) is 0 Å². The molecule has 2 amide bonds. The second-order valence-electron chi connectivity index (χ2n) is 13.2. The molecular formula is C39H40BrN7O4. The van der Waals surface area contributed by atoms with Crippen molar-refractivity contribution in [2.75, 3.05) is 0 Å². The summed E-state index contributed by atoms with van der Waals surface area (Å²) in [5.74, 6) is -0.597. The van der Waals surface area contributed by atoms with Crippen LogP contribution in [0.15, 0.2) is 94.5 Å². The van der Waals surface area contributed by atoms with E-state index in [1.807, 2.05) is 109 Å². The van der Waals surface area contributed by atoms with Crippen molar-refractivity contribution in [2.45, 2.75) is 72.6 Å². The highest BCUT2D eigenvalue weighted by molar-refractivity contribution is 9.10. The molecule has 3 aromatic heterocycles. The minimum absolute atomic E-state index is 0.0815. The molecule has 0 bridgehead atoms. The lowest BCUT2D eigenvalue weighted by Crippen LogP contribution is -2.47. The molecule has 12 heteroatoms. The zero-order valence-corrected chi connectivity index (χ0v) is 30.6. The van der Waals surface area contributed by atoms with E-state index in [2.05, 4.69) is 26.3 Å². The first-order chi connectivity index (χ1) is 24.5. The maximum absolute atomic E-state index is 14.5. The predicted octanol–water partition coefficient (Wildman–Crippen LogP) is 5.90. The quantitative estimate of drug-likeness (QED) is 0.191. The van der Waals surface area contributed by atoms with Crippen LogP contribution in [0.3, 0.4) is 0 Å². The fraction of sp³-hybridized carbons (Fsp3) is 0.282. The summed E-state index contributed by atoms with van der Waals surface area (Å²) in [5.41, 5.74) is 5.82. The van der Waals surface area contributed by atoms with Gasteiger partial charge in [0.25, 0.3) is 11.8 Å². The lowest BCUT2D eigenvalue weighted by Gasteiger charge is -2.34. The Morgan fingerprint density at radius 1 is 1.06 bits per heavy atom. The summed E-state index contributed by atoms with van der Waals surface area (Å²) >= 11 is 3.52. The maximum atomic E-state index is 14.5. The molecule has 262 valence electrons. The van der Waals surface area contributed by atoms with Gasteiger partial charge >= 0.3 is 5.69 Å². The third-order valence-electron chi connectivity index (χ3n) is 9.60. The van der Waals surface area contributed by atoms with Crippen LogP contribution in [0, 0.1) is 6.92 Å². The number of imidazole rings is 1. The van der Waals surface area contributed by atoms with Crippen molar-refractivity contribution < 1.29 is 14.7 Å². The molecule has 2 atom stereocenters. The summed E-state index contributed by atoms with van der Waals surface area (Å²) in [6.07, 6.45) is 3.30. The molecular weight excluding hydrogens is 710 g/mol. The van der Waals surface area contributed by atoms with E-state index in [1.54, 1.807) is 22.5 Å². The minimum atomic E-state index is -0.530. The molecule has 0 spiro atoms. The number of carbonyl (C=O) groups is 2. The number of aromatic nitrogens is 5. The number of carbonyl (C=O) groups excluding carboxylic acids is 2. The Balaban J connectivity index is 1.29. The van der Waals surface area contributed by atoms with Gasteiger partial charge in [0, 0.05) is 71.1 Å². The van der Waals surface area contributed by atoms with E-state index in [0.717, 1.165) is 44.3 Å². The molecule has 1 aliphatic rings. The number of benzene rings is 3. The molecule has 1 aliphatic heterocycles. The van der Waals surface area contributed by atoms with Gasteiger partial charge in [0.1, 0.15) is 5.69 Å². The lowest BCUT2D eigenvalue weighted by molar-refractivity contribution is 0.0610. The van der Waals surface area contributed by atoms with Gasteiger partial charge in [-0.1, -0.05) is 40.2 Å². The number of nitrogens with one attached hydrogen (secondary N) is 1. The van der Waals surface area contributed by atoms with Gasteiger partial charge in [0.15, 0.2) is 0 Å². The number of aliphatic hydroxyl groups excluding tert-OH is 1. The number of rotatable bonds is 9. The molecule has 1 unspecified atom stereocenters. The highest BCUT2D eigenvalue weighted by Crippen LogP contribution is 2.28. The molecule has 4 heterocycles. The van der Waals surface area contributed by atoms with Crippen LogP contribution in [-0.4, -0.2) is 57.4 Å². The van der Waals surface area contributed by atoms with Gasteiger partial charge in [-0.3, -0.25) is 23.4 Å². The van der Waals surface area contributed by atoms with Crippen LogP contribution < -0.4 is 11.0 Å². The molecule has 0 saturated heterocycles. The summed E-state index contributed by atoms with van der Waals surface area (Å²) in [6.45, 7) is 9.30. The first kappa shape index (κ1) is 34.3. The van der Waals surface area contributed by atoms with Crippen LogP contribution in [0.2, 0.25) is 0 Å². The van der Waals surface area contributed by atoms with Crippen LogP contribution in [0.25, 0.3) is 27.8 Å². The number of amides is 2. The zero-order chi connectivity index (χ0) is 36.0. The van der Waals surface area contributed by atoms with Gasteiger partial charge in [-0.25, -0.2) is 4.79 Å². The minimum Gasteiger partial charge on any atom is -0.392 e. The number of halogens is 1. The summed E-state index contributed by atoms with van der Waals surface area (Å²) in [6, 6.07) is 22.5. The van der Waals surface area contributed by atoms with Gasteiger partial charge < -0.3 is 19.9 Å². The van der Waals surface area contributed by atoms with E-state index in [-0.39, 0.29) is 43.0 Å². The standard InChI is InChI=1S/C39H40BrN7O4/c1-5-44-17-15-33(42-44)31-9-7-6-8-29(31)20-41-37(49)36-35-23-45(38(50)28-10-12-32(40)24(2)18-28)25(3)21-46(35)39(51)47(36)30-11-13-34-27(19-30)14-16-43(34)22-26(4)48/h6-19,25-26,48H,5,20-23H2,1-4H3,(H,41,49)/t25?,26-/m0/s1. The van der Waals surface area contributed by atoms with Crippen molar-refractivity contribution in [1.82, 2.24) is 33.7 Å². The topological polar surface area (TPSA) is 119 Å². The molecule has 0 radical (unpaired) electrons. The molecule has 7 rings (SSSR count). The van der Waals surface area contributed by atoms with Gasteiger partial charge in [-0.2, -0.15) is 5.10 Å². The first-order valence-electron chi connectivity index (χ1n) is 17.1. The summed E-state index contributed by atoms with van der Waals surface area (Å²) in [5, 5.41) is 18.6. The predicted molar refractivity (Wildman–Crippen MR) is 200 cm³/mol. The molecule has 0 saturated carbocycles. The van der Waals surface area contributed by atoms with E-state index in [4.69, 9.17) is 0 Å². The third kappa shape index (κ3) is 6.45. The Morgan fingerprint density at radius 3 is 2.61 bits per heavy atom. The number of aryl methyl sites for hydroxylation is 2. The first-order valence-corrected chi connectivity index (χ1v) is 17.9. The molecule has 0 fully saturated rings. The van der Waals surface area contributed by atoms with Crippen LogP contribution in [0.1, 0.15) is 58.4 Å². The van der Waals surface area contributed by atoms with Gasteiger partial charge in [-0.05, 0) is 87.4 Å².